The van der Waals surface area contributed by atoms with E-state index in [2.05, 4.69) is 15.6 Å². The summed E-state index contributed by atoms with van der Waals surface area (Å²) in [5, 5.41) is 6.27. The average Bonchev–Trinajstić information content (AvgIpc) is 3.34. The zero-order chi connectivity index (χ0) is 26.9. The molecule has 0 bridgehead atoms. The van der Waals surface area contributed by atoms with Crippen LogP contribution in [0.5, 0.6) is 0 Å². The van der Waals surface area contributed by atoms with Crippen LogP contribution in [0, 0.1) is 6.92 Å². The molecule has 0 saturated carbocycles. The molecule has 0 atom stereocenters. The zero-order valence-corrected chi connectivity index (χ0v) is 20.1. The van der Waals surface area contributed by atoms with Gasteiger partial charge in [-0.05, 0) is 73.2 Å². The van der Waals surface area contributed by atoms with Gasteiger partial charge in [0.1, 0.15) is 5.82 Å². The topological polar surface area (TPSA) is 76.0 Å². The third kappa shape index (κ3) is 4.99. The van der Waals surface area contributed by atoms with Gasteiger partial charge in [0.05, 0.1) is 11.1 Å². The van der Waals surface area contributed by atoms with E-state index in [1.54, 1.807) is 48.7 Å². The monoisotopic (exact) mass is 514 g/mol. The van der Waals surface area contributed by atoms with Crippen LogP contribution in [0.2, 0.25) is 0 Å². The van der Waals surface area contributed by atoms with E-state index in [0.717, 1.165) is 34.3 Å². The number of alkyl halides is 3. The maximum absolute atomic E-state index is 13.0. The predicted molar refractivity (Wildman–Crippen MR) is 140 cm³/mol. The summed E-state index contributed by atoms with van der Waals surface area (Å²) in [7, 11) is 0. The van der Waals surface area contributed by atoms with Crippen LogP contribution < -0.4 is 10.6 Å². The summed E-state index contributed by atoms with van der Waals surface area (Å²) in [5.41, 5.74) is 2.44. The fraction of sp³-hybridized carbons (Fsp3) is 0.0690. The summed E-state index contributed by atoms with van der Waals surface area (Å²) in [4.78, 5) is 29.6. The Kier molecular flexibility index (Phi) is 6.42. The third-order valence-electron chi connectivity index (χ3n) is 6.05. The second-order valence-corrected chi connectivity index (χ2v) is 8.63. The number of amides is 2. The number of aromatic nitrogens is 2. The first-order chi connectivity index (χ1) is 18.2. The minimum Gasteiger partial charge on any atom is -0.322 e. The molecule has 0 spiro atoms. The van der Waals surface area contributed by atoms with Crippen LogP contribution in [0.3, 0.4) is 0 Å². The fourth-order valence-electron chi connectivity index (χ4n) is 4.19. The van der Waals surface area contributed by atoms with Crippen molar-refractivity contribution in [3.63, 3.8) is 0 Å². The Bertz CT molecular complexity index is 1660. The Morgan fingerprint density at radius 2 is 1.55 bits per heavy atom. The van der Waals surface area contributed by atoms with E-state index >= 15 is 0 Å². The molecule has 0 aliphatic heterocycles. The molecule has 0 fully saturated rings. The second-order valence-electron chi connectivity index (χ2n) is 8.63. The molecule has 0 aliphatic rings. The van der Waals surface area contributed by atoms with Crippen molar-refractivity contribution in [3.05, 3.63) is 120 Å². The van der Waals surface area contributed by atoms with Crippen molar-refractivity contribution in [2.45, 2.75) is 13.1 Å². The highest BCUT2D eigenvalue weighted by atomic mass is 19.4. The Labute approximate surface area is 215 Å². The number of pyridine rings is 1. The molecule has 0 radical (unpaired) electrons. The van der Waals surface area contributed by atoms with Gasteiger partial charge in [-0.25, -0.2) is 4.98 Å². The van der Waals surface area contributed by atoms with Gasteiger partial charge in [-0.15, -0.1) is 0 Å². The molecule has 2 amide bonds. The van der Waals surface area contributed by atoms with Crippen LogP contribution in [0.4, 0.5) is 24.7 Å². The molecule has 3 aromatic carbocycles. The quantitative estimate of drug-likeness (QED) is 0.269. The molecule has 5 aromatic rings. The molecule has 0 unspecified atom stereocenters. The maximum Gasteiger partial charge on any atom is 0.416 e. The van der Waals surface area contributed by atoms with Crippen molar-refractivity contribution in [2.24, 2.45) is 0 Å². The van der Waals surface area contributed by atoms with Crippen molar-refractivity contribution in [2.75, 3.05) is 10.6 Å². The summed E-state index contributed by atoms with van der Waals surface area (Å²) in [6.45, 7) is 1.86. The van der Waals surface area contributed by atoms with E-state index in [-0.39, 0.29) is 11.5 Å². The van der Waals surface area contributed by atoms with Crippen LogP contribution in [-0.4, -0.2) is 21.4 Å². The Balaban J connectivity index is 1.39. The van der Waals surface area contributed by atoms with E-state index in [4.69, 9.17) is 0 Å². The lowest BCUT2D eigenvalue weighted by Crippen LogP contribution is -2.14. The maximum atomic E-state index is 13.0. The standard InChI is InChI=1S/C29H21F3N4O2/c1-18-16-22(34-28(38)20-8-5-9-21(17-20)29(30,31)32)10-11-24(18)36-15-13-23-25(36)12-14-33-26(23)35-27(37)19-6-3-2-4-7-19/h2-17H,1H3,(H,34,38)(H,33,35,37). The average molecular weight is 515 g/mol. The summed E-state index contributed by atoms with van der Waals surface area (Å²) < 4.78 is 41.0. The van der Waals surface area contributed by atoms with Gasteiger partial charge in [-0.3, -0.25) is 9.59 Å². The number of anilines is 2. The van der Waals surface area contributed by atoms with Crippen molar-refractivity contribution in [3.8, 4) is 5.69 Å². The Morgan fingerprint density at radius 3 is 2.29 bits per heavy atom. The van der Waals surface area contributed by atoms with Crippen molar-refractivity contribution in [1.82, 2.24) is 9.55 Å². The minimum atomic E-state index is -4.53. The van der Waals surface area contributed by atoms with E-state index < -0.39 is 17.6 Å². The Morgan fingerprint density at radius 1 is 0.816 bits per heavy atom. The fourth-order valence-corrected chi connectivity index (χ4v) is 4.19. The van der Waals surface area contributed by atoms with Gasteiger partial charge in [0.15, 0.2) is 0 Å². The predicted octanol–water partition coefficient (Wildman–Crippen LogP) is 6.86. The summed E-state index contributed by atoms with van der Waals surface area (Å²) in [5.74, 6) is -0.479. The number of aryl methyl sites for hydroxylation is 1. The number of hydrogen-bond acceptors (Lipinski definition) is 3. The smallest absolute Gasteiger partial charge is 0.322 e. The number of halogens is 3. The summed E-state index contributed by atoms with van der Waals surface area (Å²) in [6.07, 6.45) is -1.07. The van der Waals surface area contributed by atoms with Gasteiger partial charge in [-0.2, -0.15) is 13.2 Å². The molecule has 2 aromatic heterocycles. The van der Waals surface area contributed by atoms with E-state index in [0.29, 0.717) is 17.1 Å². The number of hydrogen-bond donors (Lipinski definition) is 2. The zero-order valence-electron chi connectivity index (χ0n) is 20.1. The summed E-state index contributed by atoms with van der Waals surface area (Å²) in [6, 6.07) is 22.0. The van der Waals surface area contributed by atoms with E-state index in [9.17, 15) is 22.8 Å². The molecule has 2 heterocycles. The molecule has 6 nitrogen and oxygen atoms in total. The van der Waals surface area contributed by atoms with Gasteiger partial charge in [0.2, 0.25) is 0 Å². The highest BCUT2D eigenvalue weighted by Crippen LogP contribution is 2.30. The van der Waals surface area contributed by atoms with Crippen molar-refractivity contribution < 1.29 is 22.8 Å². The SMILES string of the molecule is Cc1cc(NC(=O)c2cccc(C(F)(F)F)c2)ccc1-n1ccc2c(NC(=O)c3ccccc3)nccc21. The van der Waals surface area contributed by atoms with Gasteiger partial charge >= 0.3 is 6.18 Å². The minimum absolute atomic E-state index is 0.0875. The number of carbonyl (C=O) groups excluding carboxylic acids is 2. The van der Waals surface area contributed by atoms with Crippen molar-refractivity contribution in [1.29, 1.82) is 0 Å². The summed E-state index contributed by atoms with van der Waals surface area (Å²) >= 11 is 0. The molecular formula is C29H21F3N4O2. The van der Waals surface area contributed by atoms with Crippen LogP contribution in [-0.2, 0) is 6.18 Å². The molecule has 38 heavy (non-hydrogen) atoms. The number of nitrogens with one attached hydrogen (secondary N) is 2. The lowest BCUT2D eigenvalue weighted by Gasteiger charge is -2.13. The highest BCUT2D eigenvalue weighted by Gasteiger charge is 2.30. The van der Waals surface area contributed by atoms with Crippen molar-refractivity contribution >= 4 is 34.2 Å². The molecule has 5 rings (SSSR count). The van der Waals surface area contributed by atoms with Crippen LogP contribution in [0.1, 0.15) is 31.8 Å². The van der Waals surface area contributed by atoms with Gasteiger partial charge in [-0.1, -0.05) is 24.3 Å². The molecule has 0 saturated heterocycles. The van der Waals surface area contributed by atoms with Gasteiger partial charge in [0.25, 0.3) is 11.8 Å². The molecule has 190 valence electrons. The lowest BCUT2D eigenvalue weighted by molar-refractivity contribution is -0.137. The molecule has 9 heteroatoms. The van der Waals surface area contributed by atoms with E-state index in [1.807, 2.05) is 35.9 Å². The number of fused-ring (bicyclic) bond motifs is 1. The van der Waals surface area contributed by atoms with Gasteiger partial charge in [0, 0.05) is 40.3 Å². The molecule has 2 N–H and O–H groups in total. The molecular weight excluding hydrogens is 493 g/mol. The Hall–Kier alpha value is -4.92. The first kappa shape index (κ1) is 24.8. The largest absolute Gasteiger partial charge is 0.416 e. The van der Waals surface area contributed by atoms with Crippen LogP contribution >= 0.6 is 0 Å². The highest BCUT2D eigenvalue weighted by molar-refractivity contribution is 6.08. The normalized spacial score (nSPS) is 11.4. The second kappa shape index (κ2) is 9.85. The van der Waals surface area contributed by atoms with E-state index in [1.165, 1.54) is 12.1 Å². The third-order valence-corrected chi connectivity index (χ3v) is 6.05. The number of benzene rings is 3. The van der Waals surface area contributed by atoms with Crippen LogP contribution in [0.15, 0.2) is 97.3 Å². The first-order valence-corrected chi connectivity index (χ1v) is 11.6. The first-order valence-electron chi connectivity index (χ1n) is 11.6. The molecule has 0 aliphatic carbocycles. The number of rotatable bonds is 5. The van der Waals surface area contributed by atoms with Crippen LogP contribution in [0.25, 0.3) is 16.6 Å². The lowest BCUT2D eigenvalue weighted by atomic mass is 10.1. The number of carbonyl (C=O) groups is 2. The van der Waals surface area contributed by atoms with Gasteiger partial charge < -0.3 is 15.2 Å². The number of nitrogens with zero attached hydrogens (tertiary/aromatic N) is 2.